The van der Waals surface area contributed by atoms with Crippen molar-refractivity contribution in [1.29, 1.82) is 0 Å². The van der Waals surface area contributed by atoms with Crippen LogP contribution < -0.4 is 11.2 Å². The van der Waals surface area contributed by atoms with Crippen LogP contribution in [0.15, 0.2) is 28.7 Å². The quantitative estimate of drug-likeness (QED) is 0.780. The lowest BCUT2D eigenvalue weighted by atomic mass is 9.98. The first kappa shape index (κ1) is 14.7. The van der Waals surface area contributed by atoms with Crippen molar-refractivity contribution in [2.75, 3.05) is 6.61 Å². The summed E-state index contributed by atoms with van der Waals surface area (Å²) in [5.41, 5.74) is 8.10. The number of carbonyl (C=O) groups is 2. The average molecular weight is 315 g/mol. The van der Waals surface area contributed by atoms with Gasteiger partial charge in [-0.2, -0.15) is 0 Å². The van der Waals surface area contributed by atoms with Gasteiger partial charge in [-0.3, -0.25) is 14.4 Å². The maximum absolute atomic E-state index is 11.5. The van der Waals surface area contributed by atoms with Gasteiger partial charge in [-0.1, -0.05) is 35.0 Å². The molecular formula is C12H15BrN2O3. The molecule has 0 aliphatic rings. The number of hydrogen-bond acceptors (Lipinski definition) is 3. The molecule has 1 atom stereocenters. The van der Waals surface area contributed by atoms with Crippen LogP contribution in [0.3, 0.4) is 0 Å². The van der Waals surface area contributed by atoms with Gasteiger partial charge < -0.3 is 5.73 Å². The summed E-state index contributed by atoms with van der Waals surface area (Å²) in [6, 6.07) is 7.75. The van der Waals surface area contributed by atoms with Crippen molar-refractivity contribution >= 4 is 27.7 Å². The molecule has 6 heteroatoms. The molecule has 1 aromatic carbocycles. The zero-order chi connectivity index (χ0) is 13.5. The molecule has 3 N–H and O–H groups in total. The highest BCUT2D eigenvalue weighted by Crippen LogP contribution is 2.20. The third kappa shape index (κ3) is 5.29. The Hall–Kier alpha value is -1.40. The number of carbonyl (C=O) groups excluding carboxylic acids is 2. The van der Waals surface area contributed by atoms with Crippen molar-refractivity contribution < 1.29 is 14.4 Å². The summed E-state index contributed by atoms with van der Waals surface area (Å²) in [5, 5.41) is 0. The second-order valence-corrected chi connectivity index (χ2v) is 4.85. The molecule has 0 heterocycles. The highest BCUT2D eigenvalue weighted by atomic mass is 79.9. The molecule has 0 fully saturated rings. The summed E-state index contributed by atoms with van der Waals surface area (Å²) in [4.78, 5) is 26.5. The van der Waals surface area contributed by atoms with E-state index in [4.69, 9.17) is 5.73 Å². The number of nitrogens with two attached hydrogens (primary N) is 1. The van der Waals surface area contributed by atoms with Crippen LogP contribution in [0.1, 0.15) is 24.8 Å². The van der Waals surface area contributed by atoms with E-state index < -0.39 is 5.91 Å². The first-order valence-corrected chi connectivity index (χ1v) is 6.22. The molecule has 0 aliphatic heterocycles. The van der Waals surface area contributed by atoms with Gasteiger partial charge in [0.05, 0.1) is 0 Å². The van der Waals surface area contributed by atoms with Gasteiger partial charge >= 0.3 is 0 Å². The molecule has 0 spiro atoms. The summed E-state index contributed by atoms with van der Waals surface area (Å²) >= 11 is 3.35. The van der Waals surface area contributed by atoms with E-state index in [0.717, 1.165) is 10.0 Å². The van der Waals surface area contributed by atoms with Gasteiger partial charge in [0.15, 0.2) is 6.61 Å². The van der Waals surface area contributed by atoms with Crippen molar-refractivity contribution in [2.45, 2.75) is 19.3 Å². The Kier molecular flexibility index (Phi) is 5.80. The Labute approximate surface area is 114 Å². The van der Waals surface area contributed by atoms with E-state index in [2.05, 4.69) is 26.2 Å². The second-order valence-electron chi connectivity index (χ2n) is 3.94. The van der Waals surface area contributed by atoms with E-state index in [1.54, 1.807) is 0 Å². The van der Waals surface area contributed by atoms with E-state index >= 15 is 0 Å². The highest BCUT2D eigenvalue weighted by Gasteiger charge is 2.11. The van der Waals surface area contributed by atoms with Crippen LogP contribution >= 0.6 is 15.9 Å². The Morgan fingerprint density at radius 1 is 1.39 bits per heavy atom. The van der Waals surface area contributed by atoms with Gasteiger partial charge in [0.2, 0.25) is 11.8 Å². The van der Waals surface area contributed by atoms with E-state index in [0.29, 0.717) is 0 Å². The van der Waals surface area contributed by atoms with Crippen LogP contribution in [0.2, 0.25) is 0 Å². The summed E-state index contributed by atoms with van der Waals surface area (Å²) in [5.74, 6) is -0.849. The molecule has 2 amide bonds. The van der Waals surface area contributed by atoms with Crippen LogP contribution in [-0.4, -0.2) is 18.4 Å². The normalized spacial score (nSPS) is 11.9. The van der Waals surface area contributed by atoms with Crippen LogP contribution in [0.4, 0.5) is 0 Å². The molecule has 1 rings (SSSR count). The van der Waals surface area contributed by atoms with Crippen LogP contribution in [0.25, 0.3) is 0 Å². The number of primary amides is 1. The Bertz CT molecular complexity index is 420. The zero-order valence-electron chi connectivity index (χ0n) is 9.98. The lowest BCUT2D eigenvalue weighted by molar-refractivity contribution is -0.138. The minimum absolute atomic E-state index is 0.0651. The van der Waals surface area contributed by atoms with E-state index in [-0.39, 0.29) is 24.9 Å². The van der Waals surface area contributed by atoms with Gasteiger partial charge in [-0.25, -0.2) is 5.48 Å². The summed E-state index contributed by atoms with van der Waals surface area (Å²) in [6.45, 7) is 1.62. The van der Waals surface area contributed by atoms with Crippen molar-refractivity contribution in [1.82, 2.24) is 5.48 Å². The minimum atomic E-state index is -0.628. The Balaban J connectivity index is 2.39. The van der Waals surface area contributed by atoms with Crippen molar-refractivity contribution in [3.8, 4) is 0 Å². The molecule has 1 aromatic rings. The largest absolute Gasteiger partial charge is 0.368 e. The molecule has 0 bridgehead atoms. The lowest BCUT2D eigenvalue weighted by Crippen LogP contribution is -2.29. The molecule has 0 radical (unpaired) electrons. The maximum atomic E-state index is 11.5. The molecule has 0 saturated heterocycles. The number of nitrogens with one attached hydrogen (secondary N) is 1. The third-order valence-electron chi connectivity index (χ3n) is 2.33. The summed E-state index contributed by atoms with van der Waals surface area (Å²) in [6.07, 6.45) is 0.278. The van der Waals surface area contributed by atoms with Crippen molar-refractivity contribution in [3.63, 3.8) is 0 Å². The predicted octanol–water partition coefficient (Wildman–Crippen LogP) is 1.48. The fourth-order valence-corrected chi connectivity index (χ4v) is 1.68. The molecular weight excluding hydrogens is 300 g/mol. The highest BCUT2D eigenvalue weighted by molar-refractivity contribution is 9.10. The van der Waals surface area contributed by atoms with Crippen molar-refractivity contribution in [3.05, 3.63) is 34.3 Å². The molecule has 18 heavy (non-hydrogen) atoms. The zero-order valence-corrected chi connectivity index (χ0v) is 11.6. The van der Waals surface area contributed by atoms with Gasteiger partial charge in [-0.05, 0) is 23.6 Å². The fourth-order valence-electron chi connectivity index (χ4n) is 1.42. The monoisotopic (exact) mass is 314 g/mol. The number of benzene rings is 1. The number of rotatable bonds is 6. The third-order valence-corrected chi connectivity index (χ3v) is 2.86. The van der Waals surface area contributed by atoms with E-state index in [1.807, 2.05) is 31.2 Å². The molecule has 0 saturated carbocycles. The number of hydroxylamine groups is 1. The fraction of sp³-hybridized carbons (Fsp3) is 0.333. The predicted molar refractivity (Wildman–Crippen MR) is 70.5 cm³/mol. The molecule has 0 aliphatic carbocycles. The molecule has 5 nitrogen and oxygen atoms in total. The molecule has 1 unspecified atom stereocenters. The Morgan fingerprint density at radius 3 is 2.56 bits per heavy atom. The van der Waals surface area contributed by atoms with Gasteiger partial charge in [-0.15, -0.1) is 0 Å². The van der Waals surface area contributed by atoms with E-state index in [9.17, 15) is 9.59 Å². The van der Waals surface area contributed by atoms with Crippen LogP contribution in [-0.2, 0) is 14.4 Å². The standard InChI is InChI=1S/C12H15BrN2O3/c1-8(9-2-4-10(13)5-3-9)6-12(17)15-18-7-11(14)16/h2-5,8H,6-7H2,1H3,(H2,14,16)(H,15,17). The minimum Gasteiger partial charge on any atom is -0.368 e. The number of hydrogen-bond donors (Lipinski definition) is 2. The van der Waals surface area contributed by atoms with Crippen LogP contribution in [0.5, 0.6) is 0 Å². The molecule has 98 valence electrons. The van der Waals surface area contributed by atoms with E-state index in [1.165, 1.54) is 0 Å². The number of halogens is 1. The average Bonchev–Trinajstić information content (AvgIpc) is 2.29. The summed E-state index contributed by atoms with van der Waals surface area (Å²) < 4.78 is 0.993. The second kappa shape index (κ2) is 7.13. The maximum Gasteiger partial charge on any atom is 0.246 e. The van der Waals surface area contributed by atoms with Gasteiger partial charge in [0.25, 0.3) is 0 Å². The van der Waals surface area contributed by atoms with Gasteiger partial charge in [0.1, 0.15) is 0 Å². The summed E-state index contributed by atoms with van der Waals surface area (Å²) in [7, 11) is 0. The Morgan fingerprint density at radius 2 is 2.00 bits per heavy atom. The first-order valence-electron chi connectivity index (χ1n) is 5.43. The van der Waals surface area contributed by atoms with Crippen LogP contribution in [0, 0.1) is 0 Å². The number of amides is 2. The smallest absolute Gasteiger partial charge is 0.246 e. The van der Waals surface area contributed by atoms with Gasteiger partial charge in [0, 0.05) is 10.9 Å². The van der Waals surface area contributed by atoms with Crippen molar-refractivity contribution in [2.24, 2.45) is 5.73 Å². The first-order chi connectivity index (χ1) is 8.49. The SMILES string of the molecule is CC(CC(=O)NOCC(N)=O)c1ccc(Br)cc1. The topological polar surface area (TPSA) is 81.4 Å². The lowest BCUT2D eigenvalue weighted by Gasteiger charge is -2.11. The molecule has 0 aromatic heterocycles.